The molecule has 8 heteroatoms. The van der Waals surface area contributed by atoms with E-state index in [1.54, 1.807) is 47.4 Å². The molecule has 4 rings (SSSR count). The summed E-state index contributed by atoms with van der Waals surface area (Å²) in [6, 6.07) is 13.3. The molecule has 2 saturated heterocycles. The summed E-state index contributed by atoms with van der Waals surface area (Å²) >= 11 is 0. The molecule has 2 aromatic rings. The van der Waals surface area contributed by atoms with Crippen LogP contribution in [-0.2, 0) is 4.79 Å². The number of aromatic hydroxyl groups is 1. The lowest BCUT2D eigenvalue weighted by atomic mass is 10.1. The van der Waals surface area contributed by atoms with Crippen LogP contribution in [0.4, 0.5) is 16.2 Å². The molecule has 0 spiro atoms. The minimum Gasteiger partial charge on any atom is -0.508 e. The fraction of sp³-hybridized carbons (Fsp3) is 0.250. The van der Waals surface area contributed by atoms with E-state index in [-0.39, 0.29) is 24.1 Å². The molecule has 0 atom stereocenters. The van der Waals surface area contributed by atoms with Crippen molar-refractivity contribution in [2.75, 3.05) is 42.5 Å². The zero-order valence-corrected chi connectivity index (χ0v) is 15.2. The van der Waals surface area contributed by atoms with Gasteiger partial charge in [-0.3, -0.25) is 19.8 Å². The molecule has 28 heavy (non-hydrogen) atoms. The van der Waals surface area contributed by atoms with Crippen molar-refractivity contribution in [2.45, 2.75) is 0 Å². The Morgan fingerprint density at radius 1 is 0.929 bits per heavy atom. The molecule has 2 aliphatic heterocycles. The Balaban J connectivity index is 1.39. The molecule has 8 nitrogen and oxygen atoms in total. The highest BCUT2D eigenvalue weighted by molar-refractivity contribution is 6.12. The molecular formula is C20H20N4O4. The van der Waals surface area contributed by atoms with Gasteiger partial charge in [-0.15, -0.1) is 0 Å². The Morgan fingerprint density at radius 2 is 1.64 bits per heavy atom. The standard InChI is InChI=1S/C20H20N4O4/c25-17-3-1-2-16(12-17)22-8-10-23(11-9-22)19(27)14-4-6-15(7-5-14)24-13-18(26)21-20(24)28/h1-7,12,25H,8-11,13H2,(H,21,26,28). The third-order valence-corrected chi connectivity index (χ3v) is 4.98. The van der Waals surface area contributed by atoms with Crippen molar-refractivity contribution in [2.24, 2.45) is 0 Å². The Labute approximate surface area is 162 Å². The molecule has 2 aliphatic rings. The lowest BCUT2D eigenvalue weighted by Gasteiger charge is -2.36. The Kier molecular flexibility index (Phi) is 4.60. The number of amides is 4. The van der Waals surface area contributed by atoms with Crippen LogP contribution in [0.25, 0.3) is 0 Å². The van der Waals surface area contributed by atoms with E-state index in [1.807, 2.05) is 6.07 Å². The van der Waals surface area contributed by atoms with Gasteiger partial charge in [0, 0.05) is 49.2 Å². The molecule has 0 saturated carbocycles. The van der Waals surface area contributed by atoms with Crippen LogP contribution >= 0.6 is 0 Å². The SMILES string of the molecule is O=C1CN(c2ccc(C(=O)N3CCN(c4cccc(O)c4)CC3)cc2)C(=O)N1. The van der Waals surface area contributed by atoms with Crippen LogP contribution in [0.1, 0.15) is 10.4 Å². The van der Waals surface area contributed by atoms with Crippen molar-refractivity contribution in [3.63, 3.8) is 0 Å². The fourth-order valence-corrected chi connectivity index (χ4v) is 3.47. The Hall–Kier alpha value is -3.55. The molecule has 2 fully saturated rings. The average molecular weight is 380 g/mol. The van der Waals surface area contributed by atoms with Crippen molar-refractivity contribution in [3.8, 4) is 5.75 Å². The predicted octanol–water partition coefficient (Wildman–Crippen LogP) is 1.41. The number of phenols is 1. The monoisotopic (exact) mass is 380 g/mol. The number of piperazine rings is 1. The van der Waals surface area contributed by atoms with E-state index in [1.165, 1.54) is 4.90 Å². The zero-order chi connectivity index (χ0) is 19.7. The van der Waals surface area contributed by atoms with Gasteiger partial charge in [0.15, 0.2) is 0 Å². The van der Waals surface area contributed by atoms with Gasteiger partial charge in [0.25, 0.3) is 5.91 Å². The van der Waals surface area contributed by atoms with Crippen LogP contribution < -0.4 is 15.1 Å². The number of nitrogens with one attached hydrogen (secondary N) is 1. The van der Waals surface area contributed by atoms with Crippen molar-refractivity contribution >= 4 is 29.2 Å². The normalized spacial score (nSPS) is 17.1. The predicted molar refractivity (Wildman–Crippen MR) is 104 cm³/mol. The molecule has 2 heterocycles. The van der Waals surface area contributed by atoms with Gasteiger partial charge in [0.05, 0.1) is 0 Å². The Bertz CT molecular complexity index is 920. The third-order valence-electron chi connectivity index (χ3n) is 4.98. The van der Waals surface area contributed by atoms with Gasteiger partial charge in [0.2, 0.25) is 5.91 Å². The van der Waals surface area contributed by atoms with Gasteiger partial charge < -0.3 is 14.9 Å². The average Bonchev–Trinajstić information content (AvgIpc) is 3.06. The summed E-state index contributed by atoms with van der Waals surface area (Å²) in [6.07, 6.45) is 0. The van der Waals surface area contributed by atoms with Gasteiger partial charge in [-0.05, 0) is 36.4 Å². The maximum Gasteiger partial charge on any atom is 0.329 e. The number of rotatable bonds is 3. The van der Waals surface area contributed by atoms with Crippen LogP contribution in [0.3, 0.4) is 0 Å². The number of carbonyl (C=O) groups excluding carboxylic acids is 3. The Morgan fingerprint density at radius 3 is 2.25 bits per heavy atom. The number of benzene rings is 2. The molecular weight excluding hydrogens is 360 g/mol. The van der Waals surface area contributed by atoms with Gasteiger partial charge in [0.1, 0.15) is 12.3 Å². The van der Waals surface area contributed by atoms with Gasteiger partial charge in [-0.25, -0.2) is 4.79 Å². The number of phenolic OH excluding ortho intramolecular Hbond substituents is 1. The second kappa shape index (κ2) is 7.22. The molecule has 2 N–H and O–H groups in total. The molecule has 4 amide bonds. The van der Waals surface area contributed by atoms with Crippen LogP contribution in [0, 0.1) is 0 Å². The first-order valence-corrected chi connectivity index (χ1v) is 9.06. The maximum absolute atomic E-state index is 12.8. The number of carbonyl (C=O) groups is 3. The summed E-state index contributed by atoms with van der Waals surface area (Å²) in [6.45, 7) is 2.52. The van der Waals surface area contributed by atoms with E-state index in [4.69, 9.17) is 0 Å². The summed E-state index contributed by atoms with van der Waals surface area (Å²) in [7, 11) is 0. The summed E-state index contributed by atoms with van der Waals surface area (Å²) in [5.41, 5.74) is 2.06. The highest BCUT2D eigenvalue weighted by Gasteiger charge is 2.28. The molecule has 0 unspecified atom stereocenters. The lowest BCUT2D eigenvalue weighted by Crippen LogP contribution is -2.48. The lowest BCUT2D eigenvalue weighted by molar-refractivity contribution is -0.117. The van der Waals surface area contributed by atoms with Crippen LogP contribution in [0.5, 0.6) is 5.75 Å². The zero-order valence-electron chi connectivity index (χ0n) is 15.2. The smallest absolute Gasteiger partial charge is 0.329 e. The van der Waals surface area contributed by atoms with E-state index < -0.39 is 6.03 Å². The summed E-state index contributed by atoms with van der Waals surface area (Å²) < 4.78 is 0. The fourth-order valence-electron chi connectivity index (χ4n) is 3.47. The first-order valence-electron chi connectivity index (χ1n) is 9.06. The quantitative estimate of drug-likeness (QED) is 0.786. The molecule has 0 radical (unpaired) electrons. The van der Waals surface area contributed by atoms with Gasteiger partial charge in [-0.2, -0.15) is 0 Å². The van der Waals surface area contributed by atoms with Crippen molar-refractivity contribution in [3.05, 3.63) is 54.1 Å². The molecule has 144 valence electrons. The van der Waals surface area contributed by atoms with Crippen LogP contribution in [-0.4, -0.2) is 60.6 Å². The third kappa shape index (κ3) is 3.48. The number of hydrogen-bond acceptors (Lipinski definition) is 5. The second-order valence-electron chi connectivity index (χ2n) is 6.79. The van der Waals surface area contributed by atoms with Gasteiger partial charge >= 0.3 is 6.03 Å². The van der Waals surface area contributed by atoms with Gasteiger partial charge in [-0.1, -0.05) is 6.07 Å². The number of anilines is 2. The molecule has 0 bridgehead atoms. The van der Waals surface area contributed by atoms with E-state index in [9.17, 15) is 19.5 Å². The van der Waals surface area contributed by atoms with E-state index in [2.05, 4.69) is 10.2 Å². The number of nitrogens with zero attached hydrogens (tertiary/aromatic N) is 3. The number of hydrogen-bond donors (Lipinski definition) is 2. The highest BCUT2D eigenvalue weighted by atomic mass is 16.3. The van der Waals surface area contributed by atoms with Crippen molar-refractivity contribution in [1.29, 1.82) is 0 Å². The number of urea groups is 1. The summed E-state index contributed by atoms with van der Waals surface area (Å²) in [5, 5.41) is 11.9. The van der Waals surface area contributed by atoms with E-state index in [0.717, 1.165) is 5.69 Å². The second-order valence-corrected chi connectivity index (χ2v) is 6.79. The highest BCUT2D eigenvalue weighted by Crippen LogP contribution is 2.22. The molecule has 0 aromatic heterocycles. The first kappa shape index (κ1) is 17.8. The summed E-state index contributed by atoms with van der Waals surface area (Å²) in [5.74, 6) is -0.178. The maximum atomic E-state index is 12.8. The van der Waals surface area contributed by atoms with E-state index >= 15 is 0 Å². The molecule has 0 aliphatic carbocycles. The van der Waals surface area contributed by atoms with Crippen LogP contribution in [0.2, 0.25) is 0 Å². The largest absolute Gasteiger partial charge is 0.508 e. The summed E-state index contributed by atoms with van der Waals surface area (Å²) in [4.78, 5) is 41.1. The van der Waals surface area contributed by atoms with E-state index in [0.29, 0.717) is 37.4 Å². The topological polar surface area (TPSA) is 93.2 Å². The van der Waals surface area contributed by atoms with Crippen LogP contribution in [0.15, 0.2) is 48.5 Å². The minimum absolute atomic E-state index is 0.0108. The number of imide groups is 1. The molecule has 2 aromatic carbocycles. The minimum atomic E-state index is -0.452. The van der Waals surface area contributed by atoms with Crippen molar-refractivity contribution < 1.29 is 19.5 Å². The van der Waals surface area contributed by atoms with Crippen molar-refractivity contribution in [1.82, 2.24) is 10.2 Å². The first-order chi connectivity index (χ1) is 13.5.